The summed E-state index contributed by atoms with van der Waals surface area (Å²) in [7, 11) is 0. The van der Waals surface area contributed by atoms with Gasteiger partial charge in [0.05, 0.1) is 11.4 Å². The third-order valence-electron chi connectivity index (χ3n) is 10.6. The molecule has 0 spiro atoms. The van der Waals surface area contributed by atoms with E-state index in [9.17, 15) is 0 Å². The molecule has 270 valence electrons. The highest BCUT2D eigenvalue weighted by molar-refractivity contribution is 5.86. The highest BCUT2D eigenvalue weighted by atomic mass is 35.5. The third-order valence-corrected chi connectivity index (χ3v) is 10.6. The number of piperidine rings is 1. The first-order valence-electron chi connectivity index (χ1n) is 17.2. The maximum atomic E-state index is 5.83. The Balaban J connectivity index is 0.00000194. The number of ether oxygens (including phenoxy) is 2. The fourth-order valence-corrected chi connectivity index (χ4v) is 7.24. The third kappa shape index (κ3) is 8.64. The van der Waals surface area contributed by atoms with E-state index in [4.69, 9.17) is 19.4 Å². The molecular formula is C42H49Cl3N4O2. The molecule has 2 aliphatic heterocycles. The number of aryl methyl sites for hydroxylation is 4. The van der Waals surface area contributed by atoms with Crippen LogP contribution in [0, 0.1) is 41.5 Å². The zero-order valence-corrected chi connectivity index (χ0v) is 32.8. The van der Waals surface area contributed by atoms with E-state index < -0.39 is 0 Å². The second kappa shape index (κ2) is 17.1. The first-order chi connectivity index (χ1) is 23.2. The molecule has 0 atom stereocenters. The summed E-state index contributed by atoms with van der Waals surface area (Å²) in [6, 6.07) is 24.6. The molecule has 51 heavy (non-hydrogen) atoms. The molecule has 0 radical (unpaired) electrons. The molecule has 6 nitrogen and oxygen atoms in total. The quantitative estimate of drug-likeness (QED) is 0.158. The molecule has 0 unspecified atom stereocenters. The van der Waals surface area contributed by atoms with E-state index in [1.807, 2.05) is 12.4 Å². The van der Waals surface area contributed by atoms with E-state index in [1.54, 1.807) is 0 Å². The van der Waals surface area contributed by atoms with Gasteiger partial charge in [-0.05, 0) is 153 Å². The van der Waals surface area contributed by atoms with E-state index in [0.29, 0.717) is 6.04 Å². The van der Waals surface area contributed by atoms with Crippen molar-refractivity contribution in [1.29, 1.82) is 0 Å². The molecule has 3 aromatic carbocycles. The number of anilines is 1. The van der Waals surface area contributed by atoms with Crippen molar-refractivity contribution in [3.8, 4) is 34.0 Å². The van der Waals surface area contributed by atoms with Gasteiger partial charge in [0.1, 0.15) is 0 Å². The Bertz CT molecular complexity index is 1930. The standard InChI is InChI=1S/C42H46N4O2.3ClH/c1-27-18-35(19-28(2)31(27)5)39-22-33(11-15-43-39)24-45-16-12-37(13-17-45)46(38-9-10-40-41(23-38)48-26-47-40)25-34-8-7-14-44-42(34)36-20-29(3)32(6)30(4)21-36;;;/h7-11,14-15,18-23,37H,12-13,16-17,24-26H2,1-6H3;3*1H. The van der Waals surface area contributed by atoms with Crippen LogP contribution in [0.2, 0.25) is 0 Å². The summed E-state index contributed by atoms with van der Waals surface area (Å²) in [4.78, 5) is 14.8. The smallest absolute Gasteiger partial charge is 0.231 e. The summed E-state index contributed by atoms with van der Waals surface area (Å²) in [5, 5.41) is 0. The van der Waals surface area contributed by atoms with Gasteiger partial charge >= 0.3 is 0 Å². The van der Waals surface area contributed by atoms with E-state index in [1.165, 1.54) is 55.6 Å². The number of nitrogens with zero attached hydrogens (tertiary/aromatic N) is 4. The normalized spacial score (nSPS) is 13.9. The lowest BCUT2D eigenvalue weighted by Crippen LogP contribution is -2.44. The van der Waals surface area contributed by atoms with Gasteiger partial charge in [-0.25, -0.2) is 0 Å². The molecule has 4 heterocycles. The highest BCUT2D eigenvalue weighted by Crippen LogP contribution is 2.38. The minimum absolute atomic E-state index is 0. The van der Waals surface area contributed by atoms with Gasteiger partial charge in [0.25, 0.3) is 0 Å². The number of fused-ring (bicyclic) bond motifs is 1. The average Bonchev–Trinajstić information content (AvgIpc) is 3.57. The summed E-state index contributed by atoms with van der Waals surface area (Å²) >= 11 is 0. The summed E-state index contributed by atoms with van der Waals surface area (Å²) < 4.78 is 11.5. The Labute approximate surface area is 321 Å². The lowest BCUT2D eigenvalue weighted by Gasteiger charge is -2.40. The van der Waals surface area contributed by atoms with Crippen LogP contribution in [-0.4, -0.2) is 40.8 Å². The molecule has 0 aliphatic carbocycles. The van der Waals surface area contributed by atoms with Gasteiger partial charge in [0, 0.05) is 67.5 Å². The molecule has 5 aromatic rings. The number of pyridine rings is 2. The molecule has 0 bridgehead atoms. The SMILES string of the molecule is Cc1cc(-c2cc(CN3CCC(N(Cc4cccnc4-c4cc(C)c(C)c(C)c4)c4ccc5c(c4)OCO5)CC3)ccn2)cc(C)c1C.Cl.Cl.Cl. The number of halogens is 3. The monoisotopic (exact) mass is 746 g/mol. The van der Waals surface area contributed by atoms with Crippen molar-refractivity contribution in [2.45, 2.75) is 73.5 Å². The minimum atomic E-state index is 0. The number of hydrogen-bond donors (Lipinski definition) is 0. The van der Waals surface area contributed by atoms with Crippen molar-refractivity contribution in [2.75, 3.05) is 24.8 Å². The van der Waals surface area contributed by atoms with E-state index in [-0.39, 0.29) is 44.0 Å². The van der Waals surface area contributed by atoms with Gasteiger partial charge < -0.3 is 14.4 Å². The number of likely N-dealkylation sites (tertiary alicyclic amines) is 1. The molecule has 9 heteroatoms. The largest absolute Gasteiger partial charge is 0.454 e. The minimum Gasteiger partial charge on any atom is -0.454 e. The Kier molecular flexibility index (Phi) is 13.4. The van der Waals surface area contributed by atoms with Crippen molar-refractivity contribution in [3.63, 3.8) is 0 Å². The number of rotatable bonds is 8. The molecular weight excluding hydrogens is 699 g/mol. The van der Waals surface area contributed by atoms with Crippen molar-refractivity contribution < 1.29 is 9.47 Å². The van der Waals surface area contributed by atoms with Crippen LogP contribution in [0.15, 0.2) is 79.1 Å². The zero-order chi connectivity index (χ0) is 33.4. The molecule has 0 N–H and O–H groups in total. The summed E-state index contributed by atoms with van der Waals surface area (Å²) in [6.45, 7) is 17.2. The van der Waals surface area contributed by atoms with Gasteiger partial charge in [0.2, 0.25) is 6.79 Å². The summed E-state index contributed by atoms with van der Waals surface area (Å²) in [5.41, 5.74) is 16.1. The van der Waals surface area contributed by atoms with E-state index >= 15 is 0 Å². The molecule has 7 rings (SSSR count). The second-order valence-electron chi connectivity index (χ2n) is 13.7. The fourth-order valence-electron chi connectivity index (χ4n) is 7.24. The van der Waals surface area contributed by atoms with Crippen molar-refractivity contribution in [3.05, 3.63) is 124 Å². The Morgan fingerprint density at radius 2 is 1.31 bits per heavy atom. The summed E-state index contributed by atoms with van der Waals surface area (Å²) in [6.07, 6.45) is 6.02. The van der Waals surface area contributed by atoms with Gasteiger partial charge in [0.15, 0.2) is 11.5 Å². The van der Waals surface area contributed by atoms with Crippen LogP contribution in [0.25, 0.3) is 22.5 Å². The van der Waals surface area contributed by atoms with Crippen LogP contribution in [0.5, 0.6) is 11.5 Å². The predicted molar refractivity (Wildman–Crippen MR) is 217 cm³/mol. The van der Waals surface area contributed by atoms with Crippen LogP contribution in [0.4, 0.5) is 5.69 Å². The first kappa shape index (κ1) is 40.0. The Morgan fingerprint density at radius 1 is 0.686 bits per heavy atom. The van der Waals surface area contributed by atoms with Crippen LogP contribution >= 0.6 is 37.2 Å². The van der Waals surface area contributed by atoms with Crippen molar-refractivity contribution >= 4 is 42.9 Å². The molecule has 2 aromatic heterocycles. The predicted octanol–water partition coefficient (Wildman–Crippen LogP) is 10.3. The number of aromatic nitrogens is 2. The van der Waals surface area contributed by atoms with Crippen LogP contribution in [0.3, 0.4) is 0 Å². The molecule has 1 saturated heterocycles. The highest BCUT2D eigenvalue weighted by Gasteiger charge is 2.28. The topological polar surface area (TPSA) is 50.7 Å². The van der Waals surface area contributed by atoms with Gasteiger partial charge in [-0.15, -0.1) is 37.2 Å². The number of benzene rings is 3. The molecule has 0 amide bonds. The van der Waals surface area contributed by atoms with E-state index in [2.05, 4.69) is 118 Å². The Hall–Kier alpha value is -3.81. The second-order valence-corrected chi connectivity index (χ2v) is 13.7. The Morgan fingerprint density at radius 3 is 1.98 bits per heavy atom. The lowest BCUT2D eigenvalue weighted by molar-refractivity contribution is 0.174. The van der Waals surface area contributed by atoms with Gasteiger partial charge in [-0.2, -0.15) is 0 Å². The maximum Gasteiger partial charge on any atom is 0.231 e. The zero-order valence-electron chi connectivity index (χ0n) is 30.4. The van der Waals surface area contributed by atoms with Crippen molar-refractivity contribution in [2.24, 2.45) is 0 Å². The molecule has 0 saturated carbocycles. The number of hydrogen-bond acceptors (Lipinski definition) is 6. The fraction of sp³-hybridized carbons (Fsp3) is 0.333. The van der Waals surface area contributed by atoms with Gasteiger partial charge in [-0.3, -0.25) is 14.9 Å². The average molecular weight is 748 g/mol. The summed E-state index contributed by atoms with van der Waals surface area (Å²) in [5.74, 6) is 1.63. The van der Waals surface area contributed by atoms with Crippen molar-refractivity contribution in [1.82, 2.24) is 14.9 Å². The first-order valence-corrected chi connectivity index (χ1v) is 17.2. The maximum absolute atomic E-state index is 5.83. The van der Waals surface area contributed by atoms with Crippen LogP contribution in [0.1, 0.15) is 57.3 Å². The van der Waals surface area contributed by atoms with Crippen LogP contribution < -0.4 is 14.4 Å². The van der Waals surface area contributed by atoms with E-state index in [0.717, 1.165) is 67.6 Å². The molecule has 1 fully saturated rings. The lowest BCUT2D eigenvalue weighted by atomic mass is 9.95. The molecule has 2 aliphatic rings. The van der Waals surface area contributed by atoms with Gasteiger partial charge in [-0.1, -0.05) is 6.07 Å². The van der Waals surface area contributed by atoms with Crippen LogP contribution in [-0.2, 0) is 13.1 Å².